The lowest BCUT2D eigenvalue weighted by atomic mass is 10.1. The van der Waals surface area contributed by atoms with E-state index in [1.54, 1.807) is 6.08 Å². The van der Waals surface area contributed by atoms with Crippen molar-refractivity contribution in [1.29, 1.82) is 0 Å². The van der Waals surface area contributed by atoms with E-state index in [0.29, 0.717) is 5.92 Å². The van der Waals surface area contributed by atoms with Crippen LogP contribution in [0.5, 0.6) is 0 Å². The number of sulfone groups is 1. The summed E-state index contributed by atoms with van der Waals surface area (Å²) in [4.78, 5) is 0. The molecule has 4 heteroatoms. The largest absolute Gasteiger partial charge is 0.370 e. The van der Waals surface area contributed by atoms with Gasteiger partial charge in [0.1, 0.15) is 0 Å². The lowest BCUT2D eigenvalue weighted by Crippen LogP contribution is -2.24. The number of ether oxygens (including phenoxy) is 1. The van der Waals surface area contributed by atoms with Crippen molar-refractivity contribution in [3.8, 4) is 0 Å². The fourth-order valence-corrected chi connectivity index (χ4v) is 2.24. The van der Waals surface area contributed by atoms with E-state index in [4.69, 9.17) is 4.74 Å². The van der Waals surface area contributed by atoms with Crippen LogP contribution in [-0.2, 0) is 14.6 Å². The molecule has 0 fully saturated rings. The fraction of sp³-hybridized carbons (Fsp3) is 0.778. The van der Waals surface area contributed by atoms with Crippen LogP contribution in [-0.4, -0.2) is 26.4 Å². The van der Waals surface area contributed by atoms with Crippen LogP contribution in [0, 0.1) is 5.92 Å². The zero-order valence-electron chi connectivity index (χ0n) is 8.23. The van der Waals surface area contributed by atoms with Gasteiger partial charge in [-0.05, 0) is 18.9 Å². The highest BCUT2D eigenvalue weighted by atomic mass is 32.2. The molecule has 3 nitrogen and oxygen atoms in total. The molecule has 1 heterocycles. The number of hydrogen-bond acceptors (Lipinski definition) is 3. The van der Waals surface area contributed by atoms with Crippen LogP contribution < -0.4 is 0 Å². The topological polar surface area (TPSA) is 43.4 Å². The second-order valence-corrected chi connectivity index (χ2v) is 5.71. The molecule has 0 aromatic heterocycles. The summed E-state index contributed by atoms with van der Waals surface area (Å²) >= 11 is 0. The van der Waals surface area contributed by atoms with Gasteiger partial charge < -0.3 is 4.74 Å². The van der Waals surface area contributed by atoms with Crippen LogP contribution >= 0.6 is 0 Å². The molecule has 0 radical (unpaired) electrons. The molecule has 0 aliphatic carbocycles. The Bertz CT molecular complexity index is 290. The molecule has 0 N–H and O–H groups in total. The molecular formula is C9H16O3S. The second kappa shape index (κ2) is 3.80. The highest BCUT2D eigenvalue weighted by molar-refractivity contribution is 7.94. The summed E-state index contributed by atoms with van der Waals surface area (Å²) < 4.78 is 27.6. The summed E-state index contributed by atoms with van der Waals surface area (Å²) in [6.07, 6.45) is 1.47. The molecule has 0 aromatic rings. The van der Waals surface area contributed by atoms with Gasteiger partial charge in [-0.15, -0.1) is 0 Å². The van der Waals surface area contributed by atoms with Crippen LogP contribution in [0.2, 0.25) is 0 Å². The lowest BCUT2D eigenvalue weighted by Gasteiger charge is -2.19. The Kier molecular flexibility index (Phi) is 3.14. The number of rotatable bonds is 3. The third-order valence-electron chi connectivity index (χ3n) is 2.23. The Balaban J connectivity index is 2.47. The van der Waals surface area contributed by atoms with Crippen LogP contribution in [0.1, 0.15) is 20.8 Å². The molecule has 76 valence electrons. The first-order valence-corrected chi connectivity index (χ1v) is 6.18. The normalized spacial score (nSPS) is 28.2. The Labute approximate surface area is 79.7 Å². The van der Waals surface area contributed by atoms with E-state index in [1.807, 2.05) is 6.92 Å². The smallest absolute Gasteiger partial charge is 0.174 e. The van der Waals surface area contributed by atoms with Gasteiger partial charge in [-0.2, -0.15) is 0 Å². The average molecular weight is 204 g/mol. The summed E-state index contributed by atoms with van der Waals surface area (Å²) in [7, 11) is -2.97. The number of hydrogen-bond donors (Lipinski definition) is 0. The standard InChI is InChI=1S/C9H16O3S/c1-7(2)8(3)12-9-4-5-13(10,11)6-9/h4-5,7-9H,6H2,1-3H3. The Morgan fingerprint density at radius 1 is 1.38 bits per heavy atom. The Morgan fingerprint density at radius 2 is 2.00 bits per heavy atom. The predicted octanol–water partition coefficient (Wildman–Crippen LogP) is 1.36. The predicted molar refractivity (Wildman–Crippen MR) is 52.1 cm³/mol. The van der Waals surface area contributed by atoms with Gasteiger partial charge in [-0.3, -0.25) is 0 Å². The van der Waals surface area contributed by atoms with Crippen LogP contribution in [0.4, 0.5) is 0 Å². The zero-order chi connectivity index (χ0) is 10.1. The Morgan fingerprint density at radius 3 is 2.38 bits per heavy atom. The summed E-state index contributed by atoms with van der Waals surface area (Å²) in [5, 5.41) is 1.24. The van der Waals surface area contributed by atoms with Crippen molar-refractivity contribution < 1.29 is 13.2 Å². The van der Waals surface area contributed by atoms with E-state index < -0.39 is 9.84 Å². The zero-order valence-corrected chi connectivity index (χ0v) is 9.04. The van der Waals surface area contributed by atoms with Crippen molar-refractivity contribution in [1.82, 2.24) is 0 Å². The molecule has 0 spiro atoms. The fourth-order valence-electron chi connectivity index (χ4n) is 1.06. The monoisotopic (exact) mass is 204 g/mol. The average Bonchev–Trinajstić information content (AvgIpc) is 2.30. The first-order chi connectivity index (χ1) is 5.91. The van der Waals surface area contributed by atoms with Crippen LogP contribution in [0.3, 0.4) is 0 Å². The minimum Gasteiger partial charge on any atom is -0.370 e. The van der Waals surface area contributed by atoms with E-state index in [-0.39, 0.29) is 18.0 Å². The highest BCUT2D eigenvalue weighted by Gasteiger charge is 2.24. The van der Waals surface area contributed by atoms with E-state index in [0.717, 1.165) is 0 Å². The molecule has 0 saturated carbocycles. The van der Waals surface area contributed by atoms with Gasteiger partial charge in [0.25, 0.3) is 0 Å². The third kappa shape index (κ3) is 3.12. The van der Waals surface area contributed by atoms with Gasteiger partial charge in [0.15, 0.2) is 9.84 Å². The molecule has 0 bridgehead atoms. The van der Waals surface area contributed by atoms with Crippen molar-refractivity contribution >= 4 is 9.84 Å². The molecule has 2 atom stereocenters. The SMILES string of the molecule is CC(C)C(C)OC1C=CS(=O)(=O)C1. The molecule has 1 aliphatic rings. The second-order valence-electron chi connectivity index (χ2n) is 3.78. The maximum Gasteiger partial charge on any atom is 0.174 e. The van der Waals surface area contributed by atoms with Gasteiger partial charge >= 0.3 is 0 Å². The van der Waals surface area contributed by atoms with Crippen LogP contribution in [0.15, 0.2) is 11.5 Å². The van der Waals surface area contributed by atoms with E-state index in [9.17, 15) is 8.42 Å². The highest BCUT2D eigenvalue weighted by Crippen LogP contribution is 2.16. The lowest BCUT2D eigenvalue weighted by molar-refractivity contribution is 0.00990. The quantitative estimate of drug-likeness (QED) is 0.697. The van der Waals surface area contributed by atoms with Crippen molar-refractivity contribution in [2.24, 2.45) is 5.92 Å². The van der Waals surface area contributed by atoms with Gasteiger partial charge in [0.2, 0.25) is 0 Å². The van der Waals surface area contributed by atoms with Crippen molar-refractivity contribution in [2.45, 2.75) is 33.0 Å². The summed E-state index contributed by atoms with van der Waals surface area (Å²) in [5.74, 6) is 0.515. The van der Waals surface area contributed by atoms with Crippen molar-refractivity contribution in [3.63, 3.8) is 0 Å². The summed E-state index contributed by atoms with van der Waals surface area (Å²) in [6.45, 7) is 6.07. The molecular weight excluding hydrogens is 188 g/mol. The minimum absolute atomic E-state index is 0.1000. The van der Waals surface area contributed by atoms with Gasteiger partial charge in [-0.1, -0.05) is 13.8 Å². The van der Waals surface area contributed by atoms with E-state index in [1.165, 1.54) is 5.41 Å². The van der Waals surface area contributed by atoms with Crippen LogP contribution in [0.25, 0.3) is 0 Å². The molecule has 1 rings (SSSR count). The van der Waals surface area contributed by atoms with E-state index >= 15 is 0 Å². The van der Waals surface area contributed by atoms with Gasteiger partial charge in [0, 0.05) is 5.41 Å². The maximum atomic E-state index is 11.0. The maximum absolute atomic E-state index is 11.0. The van der Waals surface area contributed by atoms with Crippen molar-refractivity contribution in [3.05, 3.63) is 11.5 Å². The molecule has 1 aliphatic heterocycles. The van der Waals surface area contributed by atoms with Gasteiger partial charge in [0.05, 0.1) is 18.0 Å². The molecule has 0 aromatic carbocycles. The third-order valence-corrected chi connectivity index (χ3v) is 3.59. The first-order valence-electron chi connectivity index (χ1n) is 4.47. The van der Waals surface area contributed by atoms with Gasteiger partial charge in [-0.25, -0.2) is 8.42 Å². The molecule has 13 heavy (non-hydrogen) atoms. The molecule has 0 saturated heterocycles. The summed E-state index contributed by atoms with van der Waals surface area (Å²) in [5.41, 5.74) is 0. The minimum atomic E-state index is -2.97. The van der Waals surface area contributed by atoms with Crippen molar-refractivity contribution in [2.75, 3.05) is 5.75 Å². The van der Waals surface area contributed by atoms with E-state index in [2.05, 4.69) is 13.8 Å². The molecule has 0 amide bonds. The summed E-state index contributed by atoms with van der Waals surface area (Å²) in [6, 6.07) is 0. The molecule has 2 unspecified atom stereocenters. The first kappa shape index (κ1) is 10.7. The Hall–Kier alpha value is -0.350.